The number of nitrogens with zero attached hydrogens (tertiary/aromatic N) is 3. The Labute approximate surface area is 219 Å². The molecular weight excluding hydrogens is 513 g/mol. The zero-order chi connectivity index (χ0) is 26.8. The van der Waals surface area contributed by atoms with Gasteiger partial charge in [0.2, 0.25) is 5.43 Å². The van der Waals surface area contributed by atoms with Gasteiger partial charge in [0, 0.05) is 53.6 Å². The van der Waals surface area contributed by atoms with E-state index in [-0.39, 0.29) is 28.6 Å². The van der Waals surface area contributed by atoms with Crippen LogP contribution in [0.4, 0.5) is 10.1 Å². The molecule has 0 radical (unpaired) electrons. The number of thiazole rings is 1. The van der Waals surface area contributed by atoms with Crippen LogP contribution < -0.4 is 25.0 Å². The van der Waals surface area contributed by atoms with E-state index in [0.29, 0.717) is 33.0 Å². The zero-order valence-corrected chi connectivity index (χ0v) is 21.2. The molecule has 0 aliphatic rings. The van der Waals surface area contributed by atoms with Crippen molar-refractivity contribution in [1.82, 2.24) is 19.9 Å². The summed E-state index contributed by atoms with van der Waals surface area (Å²) in [6, 6.07) is 7.09. The van der Waals surface area contributed by atoms with Gasteiger partial charge in [0.1, 0.15) is 16.1 Å². The Balaban J connectivity index is 1.40. The third kappa shape index (κ3) is 4.64. The van der Waals surface area contributed by atoms with Crippen LogP contribution >= 0.6 is 11.3 Å². The highest BCUT2D eigenvalue weighted by atomic mass is 32.1. The molecule has 12 heteroatoms. The largest absolute Gasteiger partial charge is 0.491 e. The highest BCUT2D eigenvalue weighted by molar-refractivity contribution is 7.13. The number of aromatic nitrogens is 4. The molecule has 1 amide bonds. The lowest BCUT2D eigenvalue weighted by atomic mass is 10.1. The molecule has 0 spiro atoms. The Bertz CT molecular complexity index is 1720. The molecule has 0 unspecified atom stereocenters. The van der Waals surface area contributed by atoms with Crippen LogP contribution in [0, 0.1) is 12.7 Å². The number of aryl methyl sites for hydroxylation is 1. The fraction of sp³-hybridized carbons (Fsp3) is 0.115. The van der Waals surface area contributed by atoms with Gasteiger partial charge in [0.05, 0.1) is 25.3 Å². The van der Waals surface area contributed by atoms with Gasteiger partial charge >= 0.3 is 0 Å². The first kappa shape index (κ1) is 24.8. The Kier molecular flexibility index (Phi) is 6.71. The van der Waals surface area contributed by atoms with Crippen LogP contribution in [0.1, 0.15) is 16.1 Å². The van der Waals surface area contributed by atoms with Crippen LogP contribution in [-0.4, -0.2) is 40.1 Å². The molecule has 4 aromatic heterocycles. The minimum absolute atomic E-state index is 0.105. The number of hydrogen-bond acceptors (Lipinski definition) is 9. The second-order valence-corrected chi connectivity index (χ2v) is 8.84. The van der Waals surface area contributed by atoms with Crippen molar-refractivity contribution < 1.29 is 23.4 Å². The van der Waals surface area contributed by atoms with Crippen LogP contribution in [0.5, 0.6) is 23.1 Å². The van der Waals surface area contributed by atoms with Crippen LogP contribution in [0.25, 0.3) is 21.6 Å². The van der Waals surface area contributed by atoms with E-state index in [1.165, 1.54) is 50.1 Å². The van der Waals surface area contributed by atoms with Crippen LogP contribution in [0.3, 0.4) is 0 Å². The Morgan fingerprint density at radius 1 is 1.05 bits per heavy atom. The van der Waals surface area contributed by atoms with Crippen LogP contribution in [0.15, 0.2) is 59.1 Å². The van der Waals surface area contributed by atoms with Gasteiger partial charge in [-0.2, -0.15) is 0 Å². The Morgan fingerprint density at radius 2 is 1.89 bits per heavy atom. The summed E-state index contributed by atoms with van der Waals surface area (Å²) in [5, 5.41) is 4.80. The average Bonchev–Trinajstić information content (AvgIpc) is 3.44. The molecule has 0 aliphatic carbocycles. The summed E-state index contributed by atoms with van der Waals surface area (Å²) < 4.78 is 31.3. The second-order valence-electron chi connectivity index (χ2n) is 7.95. The maximum Gasteiger partial charge on any atom is 0.261 e. The minimum atomic E-state index is -0.741. The number of hydrogen-bond donors (Lipinski definition) is 2. The summed E-state index contributed by atoms with van der Waals surface area (Å²) in [7, 11) is 2.93. The fourth-order valence-corrected chi connectivity index (χ4v) is 4.50. The van der Waals surface area contributed by atoms with Gasteiger partial charge in [-0.25, -0.2) is 14.4 Å². The summed E-state index contributed by atoms with van der Waals surface area (Å²) in [4.78, 5) is 41.6. The van der Waals surface area contributed by atoms with Gasteiger partial charge in [-0.05, 0) is 19.1 Å². The van der Waals surface area contributed by atoms with E-state index in [1.54, 1.807) is 30.6 Å². The molecule has 5 aromatic rings. The smallest absolute Gasteiger partial charge is 0.261 e. The zero-order valence-electron chi connectivity index (χ0n) is 20.4. The first-order valence-corrected chi connectivity index (χ1v) is 12.1. The number of pyridine rings is 3. The predicted molar refractivity (Wildman–Crippen MR) is 140 cm³/mol. The van der Waals surface area contributed by atoms with Crippen molar-refractivity contribution in [2.45, 2.75) is 6.92 Å². The van der Waals surface area contributed by atoms with E-state index >= 15 is 4.39 Å². The maximum atomic E-state index is 15.0. The van der Waals surface area contributed by atoms with Crippen molar-refractivity contribution in [3.8, 4) is 33.7 Å². The highest BCUT2D eigenvalue weighted by Gasteiger charge is 2.19. The third-order valence-corrected chi connectivity index (χ3v) is 6.39. The van der Waals surface area contributed by atoms with E-state index in [4.69, 9.17) is 14.2 Å². The molecule has 0 atom stereocenters. The number of carbonyl (C=O) groups excluding carboxylic acids is 1. The molecule has 38 heavy (non-hydrogen) atoms. The summed E-state index contributed by atoms with van der Waals surface area (Å²) in [5.74, 6) is -0.682. The lowest BCUT2D eigenvalue weighted by Crippen LogP contribution is -2.23. The lowest BCUT2D eigenvalue weighted by molar-refractivity contribution is 0.102. The molecule has 1 aromatic carbocycles. The number of nitrogens with one attached hydrogen (secondary N) is 2. The second kappa shape index (κ2) is 10.3. The molecule has 10 nitrogen and oxygen atoms in total. The number of ether oxygens (including phenoxy) is 3. The number of rotatable bonds is 7. The standard InChI is InChI=1S/C26H20FN5O5S/c1-13-21(26-29-8-9-38-26)23(33)15(12-30-13)24(34)31-14-4-5-18(16(27)10-14)37-19-6-7-28-17-11-20(35-2)25(36-3)32-22(17)19/h4-12H,1-3H3,(H,30,33)(H,31,34). The molecule has 192 valence electrons. The number of H-pyrrole nitrogens is 1. The van der Waals surface area contributed by atoms with Crippen molar-refractivity contribution in [3.63, 3.8) is 0 Å². The molecule has 0 saturated heterocycles. The molecule has 4 heterocycles. The lowest BCUT2D eigenvalue weighted by Gasteiger charge is -2.12. The Hall–Kier alpha value is -4.84. The van der Waals surface area contributed by atoms with Crippen LogP contribution in [-0.2, 0) is 0 Å². The first-order chi connectivity index (χ1) is 18.4. The van der Waals surface area contributed by atoms with Crippen molar-refractivity contribution in [1.29, 1.82) is 0 Å². The fourth-order valence-electron chi connectivity index (χ4n) is 3.76. The van der Waals surface area contributed by atoms with Crippen molar-refractivity contribution in [3.05, 3.63) is 81.6 Å². The molecule has 2 N–H and O–H groups in total. The van der Waals surface area contributed by atoms with Gasteiger partial charge in [-0.3, -0.25) is 14.6 Å². The average molecular weight is 534 g/mol. The quantitative estimate of drug-likeness (QED) is 0.301. The van der Waals surface area contributed by atoms with Gasteiger partial charge in [-0.1, -0.05) is 0 Å². The van der Waals surface area contributed by atoms with Gasteiger partial charge < -0.3 is 24.5 Å². The molecule has 0 fully saturated rings. The summed E-state index contributed by atoms with van der Waals surface area (Å²) in [5.41, 5.74) is 1.25. The number of carbonyl (C=O) groups is 1. The number of methoxy groups -OCH3 is 2. The van der Waals surface area contributed by atoms with Gasteiger partial charge in [0.25, 0.3) is 11.8 Å². The monoisotopic (exact) mass is 533 g/mol. The predicted octanol–water partition coefficient (Wildman–Crippen LogP) is 4.95. The SMILES string of the molecule is COc1cc2nccc(Oc3ccc(NC(=O)c4c[nH]c(C)c(-c5nccs5)c4=O)cc3F)c2nc1OC. The number of amides is 1. The summed E-state index contributed by atoms with van der Waals surface area (Å²) in [6.45, 7) is 1.72. The topological polar surface area (TPSA) is 128 Å². The first-order valence-electron chi connectivity index (χ1n) is 11.2. The Morgan fingerprint density at radius 3 is 2.61 bits per heavy atom. The molecule has 5 rings (SSSR count). The molecule has 0 saturated carbocycles. The third-order valence-electron chi connectivity index (χ3n) is 5.60. The van der Waals surface area contributed by atoms with Crippen molar-refractivity contribution in [2.24, 2.45) is 0 Å². The number of anilines is 1. The van der Waals surface area contributed by atoms with E-state index in [0.717, 1.165) is 6.07 Å². The minimum Gasteiger partial charge on any atom is -0.491 e. The number of aromatic amines is 1. The van der Waals surface area contributed by atoms with Gasteiger partial charge in [-0.15, -0.1) is 11.3 Å². The van der Waals surface area contributed by atoms with E-state index in [2.05, 4.69) is 25.3 Å². The van der Waals surface area contributed by atoms with Crippen molar-refractivity contribution >= 4 is 34.0 Å². The maximum absolute atomic E-state index is 15.0. The number of halogens is 1. The van der Waals surface area contributed by atoms with E-state index < -0.39 is 17.2 Å². The van der Waals surface area contributed by atoms with Crippen LogP contribution in [0.2, 0.25) is 0 Å². The highest BCUT2D eigenvalue weighted by Crippen LogP contribution is 2.35. The van der Waals surface area contributed by atoms with Crippen molar-refractivity contribution in [2.75, 3.05) is 19.5 Å². The molecule has 0 bridgehead atoms. The summed E-state index contributed by atoms with van der Waals surface area (Å²) >= 11 is 1.29. The molecular formula is C26H20FN5O5S. The normalized spacial score (nSPS) is 10.8. The molecule has 0 aliphatic heterocycles. The van der Waals surface area contributed by atoms with E-state index in [1.807, 2.05) is 0 Å². The number of benzene rings is 1. The van der Waals surface area contributed by atoms with E-state index in [9.17, 15) is 9.59 Å². The number of fused-ring (bicyclic) bond motifs is 1. The van der Waals surface area contributed by atoms with Gasteiger partial charge in [0.15, 0.2) is 23.1 Å². The summed E-state index contributed by atoms with van der Waals surface area (Å²) in [6.07, 6.45) is 4.40.